The van der Waals surface area contributed by atoms with Crippen LogP contribution in [-0.2, 0) is 12.6 Å². The number of alkyl halides is 3. The summed E-state index contributed by atoms with van der Waals surface area (Å²) >= 11 is 1.54. The molecule has 4 aromatic rings. The van der Waals surface area contributed by atoms with Crippen LogP contribution in [0.3, 0.4) is 0 Å². The van der Waals surface area contributed by atoms with Crippen LogP contribution in [-0.4, -0.2) is 16.0 Å². The zero-order valence-corrected chi connectivity index (χ0v) is 17.9. The number of fused-ring (bicyclic) bond motifs is 1. The maximum atomic E-state index is 13.4. The monoisotopic (exact) mass is 475 g/mol. The van der Waals surface area contributed by atoms with Gasteiger partial charge in [-0.15, -0.1) is 11.3 Å². The predicted octanol–water partition coefficient (Wildman–Crippen LogP) is 6.30. The first kappa shape index (κ1) is 22.5. The van der Waals surface area contributed by atoms with Gasteiger partial charge in [0, 0.05) is 21.8 Å². The molecule has 0 aliphatic carbocycles. The Bertz CT molecular complexity index is 1340. The summed E-state index contributed by atoms with van der Waals surface area (Å²) in [6.45, 7) is 2.03. The molecule has 0 aliphatic rings. The van der Waals surface area contributed by atoms with E-state index in [4.69, 9.17) is 5.73 Å². The Morgan fingerprint density at radius 1 is 1.06 bits per heavy atom. The van der Waals surface area contributed by atoms with Gasteiger partial charge in [-0.3, -0.25) is 0 Å². The summed E-state index contributed by atoms with van der Waals surface area (Å²) in [7, 11) is 0. The van der Waals surface area contributed by atoms with Crippen molar-refractivity contribution in [2.75, 3.05) is 16.4 Å². The number of nitrogens with zero attached hydrogens (tertiary/aromatic N) is 2. The highest BCUT2D eigenvalue weighted by Gasteiger charge is 2.34. The molecule has 0 radical (unpaired) electrons. The van der Waals surface area contributed by atoms with Gasteiger partial charge < -0.3 is 16.4 Å². The third-order valence-corrected chi connectivity index (χ3v) is 6.11. The smallest absolute Gasteiger partial charge is 0.383 e. The van der Waals surface area contributed by atoms with Gasteiger partial charge in [0.05, 0.1) is 10.9 Å². The Balaban J connectivity index is 1.54. The van der Waals surface area contributed by atoms with Crippen LogP contribution in [0.4, 0.5) is 39.5 Å². The van der Waals surface area contributed by atoms with Crippen LogP contribution >= 0.6 is 11.3 Å². The summed E-state index contributed by atoms with van der Waals surface area (Å²) in [6, 6.07) is 8.37. The Morgan fingerprint density at radius 2 is 1.73 bits per heavy atom. The molecule has 33 heavy (non-hydrogen) atoms. The highest BCUT2D eigenvalue weighted by Crippen LogP contribution is 2.40. The van der Waals surface area contributed by atoms with Gasteiger partial charge in [0.1, 0.15) is 22.8 Å². The molecule has 2 heterocycles. The summed E-state index contributed by atoms with van der Waals surface area (Å²) in [5.74, 6) is -1.03. The van der Waals surface area contributed by atoms with Crippen LogP contribution in [0, 0.1) is 5.82 Å². The molecule has 0 unspecified atom stereocenters. The molecule has 0 saturated heterocycles. The second kappa shape index (κ2) is 8.66. The number of aryl methyl sites for hydroxylation is 1. The second-order valence-corrected chi connectivity index (χ2v) is 8.13. The molecule has 4 N–H and O–H groups in total. The van der Waals surface area contributed by atoms with Crippen molar-refractivity contribution in [1.29, 1.82) is 0 Å². The van der Waals surface area contributed by atoms with Crippen LogP contribution < -0.4 is 16.4 Å². The Morgan fingerprint density at radius 3 is 2.39 bits per heavy atom. The Kier molecular flexibility index (Phi) is 5.90. The van der Waals surface area contributed by atoms with Crippen LogP contribution in [0.5, 0.6) is 0 Å². The number of aromatic nitrogens is 2. The maximum Gasteiger partial charge on any atom is 0.419 e. The summed E-state index contributed by atoms with van der Waals surface area (Å²) in [4.78, 5) is 22.5. The van der Waals surface area contributed by atoms with Crippen LogP contribution in [0.1, 0.15) is 17.4 Å². The van der Waals surface area contributed by atoms with Crippen molar-refractivity contribution in [3.8, 4) is 11.1 Å². The number of nitrogen functional groups attached to an aromatic ring is 1. The molecular formula is C22H17F4N5OS. The highest BCUT2D eigenvalue weighted by molar-refractivity contribution is 7.19. The molecular weight excluding hydrogens is 458 g/mol. The summed E-state index contributed by atoms with van der Waals surface area (Å²) in [5.41, 5.74) is 6.63. The maximum absolute atomic E-state index is 13.4. The molecule has 0 fully saturated rings. The largest absolute Gasteiger partial charge is 0.419 e. The first-order valence-electron chi connectivity index (χ1n) is 9.74. The number of carbonyl (C=O) groups is 1. The minimum atomic E-state index is -4.87. The number of hydrogen-bond acceptors (Lipinski definition) is 5. The number of nitrogens with two attached hydrogens (primary N) is 1. The van der Waals surface area contributed by atoms with Gasteiger partial charge in [-0.1, -0.05) is 19.1 Å². The van der Waals surface area contributed by atoms with Gasteiger partial charge in [0.15, 0.2) is 0 Å². The van der Waals surface area contributed by atoms with E-state index in [0.29, 0.717) is 23.6 Å². The number of rotatable bonds is 4. The van der Waals surface area contributed by atoms with Crippen molar-refractivity contribution in [1.82, 2.24) is 9.97 Å². The third kappa shape index (κ3) is 4.58. The Labute approximate surface area is 189 Å². The number of amides is 2. The molecule has 4 rings (SSSR count). The van der Waals surface area contributed by atoms with E-state index in [2.05, 4.69) is 20.6 Å². The lowest BCUT2D eigenvalue weighted by molar-refractivity contribution is -0.139. The molecule has 170 valence electrons. The van der Waals surface area contributed by atoms with E-state index < -0.39 is 23.6 Å². The van der Waals surface area contributed by atoms with E-state index in [-0.39, 0.29) is 5.69 Å². The van der Waals surface area contributed by atoms with E-state index in [0.717, 1.165) is 38.7 Å². The fourth-order valence-electron chi connectivity index (χ4n) is 3.39. The number of hydrogen-bond donors (Lipinski definition) is 3. The highest BCUT2D eigenvalue weighted by atomic mass is 32.1. The fraction of sp³-hybridized carbons (Fsp3) is 0.136. The molecule has 0 aliphatic heterocycles. The minimum Gasteiger partial charge on any atom is -0.383 e. The van der Waals surface area contributed by atoms with Gasteiger partial charge in [-0.25, -0.2) is 19.2 Å². The zero-order chi connectivity index (χ0) is 23.8. The van der Waals surface area contributed by atoms with E-state index in [9.17, 15) is 22.4 Å². The Hall–Kier alpha value is -3.73. The SMILES string of the molecule is CCc1sc2ncnc(N)c2c1-c1ccc(NC(=O)Nc2ccc(F)c(C(F)(F)F)c2)cc1. The molecule has 0 bridgehead atoms. The predicted molar refractivity (Wildman–Crippen MR) is 121 cm³/mol. The number of carbonyl (C=O) groups excluding carboxylic acids is 1. The van der Waals surface area contributed by atoms with Gasteiger partial charge in [0.25, 0.3) is 0 Å². The standard InChI is InChI=1S/C22H17F4N5OS/c1-2-16-17(18-19(27)28-10-29-20(18)33-16)11-3-5-12(6-4-11)30-21(32)31-13-7-8-15(23)14(9-13)22(24,25)26/h3-10H,2H2,1H3,(H2,27,28,29)(H2,30,31,32). The van der Waals surface area contributed by atoms with Crippen molar-refractivity contribution >= 4 is 44.8 Å². The molecule has 2 aromatic heterocycles. The van der Waals surface area contributed by atoms with E-state index >= 15 is 0 Å². The van der Waals surface area contributed by atoms with Gasteiger partial charge in [-0.2, -0.15) is 13.2 Å². The molecule has 0 atom stereocenters. The topological polar surface area (TPSA) is 92.9 Å². The van der Waals surface area contributed by atoms with Gasteiger partial charge in [0.2, 0.25) is 0 Å². The average molecular weight is 475 g/mol. The third-order valence-electron chi connectivity index (χ3n) is 4.87. The molecule has 2 amide bonds. The summed E-state index contributed by atoms with van der Waals surface area (Å²) in [5, 5.41) is 5.59. The molecule has 0 spiro atoms. The number of urea groups is 1. The number of nitrogens with one attached hydrogen (secondary N) is 2. The first-order valence-corrected chi connectivity index (χ1v) is 10.6. The molecule has 2 aromatic carbocycles. The first-order chi connectivity index (χ1) is 15.7. The van der Waals surface area contributed by atoms with Crippen molar-refractivity contribution in [2.24, 2.45) is 0 Å². The lowest BCUT2D eigenvalue weighted by atomic mass is 10.0. The molecule has 0 saturated carbocycles. The van der Waals surface area contributed by atoms with Crippen molar-refractivity contribution in [2.45, 2.75) is 19.5 Å². The van der Waals surface area contributed by atoms with Crippen molar-refractivity contribution in [3.63, 3.8) is 0 Å². The minimum absolute atomic E-state index is 0.189. The quantitative estimate of drug-likeness (QED) is 0.302. The van der Waals surface area contributed by atoms with E-state index in [1.165, 1.54) is 17.7 Å². The molecule has 11 heteroatoms. The zero-order valence-electron chi connectivity index (χ0n) is 17.1. The number of anilines is 3. The summed E-state index contributed by atoms with van der Waals surface area (Å²) in [6.07, 6.45) is -2.68. The lowest BCUT2D eigenvalue weighted by Crippen LogP contribution is -2.20. The van der Waals surface area contributed by atoms with Crippen molar-refractivity contribution in [3.05, 3.63) is 65.0 Å². The van der Waals surface area contributed by atoms with Gasteiger partial charge in [-0.05, 0) is 42.3 Å². The van der Waals surface area contributed by atoms with E-state index in [1.54, 1.807) is 24.3 Å². The fourth-order valence-corrected chi connectivity index (χ4v) is 4.50. The van der Waals surface area contributed by atoms with E-state index in [1.807, 2.05) is 6.92 Å². The molecule has 6 nitrogen and oxygen atoms in total. The van der Waals surface area contributed by atoms with Crippen molar-refractivity contribution < 1.29 is 22.4 Å². The lowest BCUT2D eigenvalue weighted by Gasteiger charge is -2.12. The number of thiophene rings is 1. The van der Waals surface area contributed by atoms with Crippen LogP contribution in [0.25, 0.3) is 21.3 Å². The number of benzene rings is 2. The normalized spacial score (nSPS) is 11.5. The van der Waals surface area contributed by atoms with Crippen LogP contribution in [0.15, 0.2) is 48.8 Å². The van der Waals surface area contributed by atoms with Gasteiger partial charge >= 0.3 is 12.2 Å². The second-order valence-electron chi connectivity index (χ2n) is 7.04. The number of halogens is 4. The summed E-state index contributed by atoms with van der Waals surface area (Å²) < 4.78 is 52.0. The van der Waals surface area contributed by atoms with Crippen LogP contribution in [0.2, 0.25) is 0 Å². The average Bonchev–Trinajstić information content (AvgIpc) is 3.15.